The molecular formula is C16H27N5O3S. The summed E-state index contributed by atoms with van der Waals surface area (Å²) < 4.78 is 5.38. The van der Waals surface area contributed by atoms with Gasteiger partial charge in [0.1, 0.15) is 10.6 Å². The molecule has 1 aliphatic heterocycles. The van der Waals surface area contributed by atoms with Crippen LogP contribution in [0.3, 0.4) is 0 Å². The maximum Gasteiger partial charge on any atom is 0.410 e. The third-order valence-corrected chi connectivity index (χ3v) is 4.54. The van der Waals surface area contributed by atoms with Crippen molar-refractivity contribution in [1.29, 1.82) is 0 Å². The summed E-state index contributed by atoms with van der Waals surface area (Å²) in [6, 6.07) is -0.166. The molecule has 0 unspecified atom stereocenters. The van der Waals surface area contributed by atoms with Crippen molar-refractivity contribution in [3.63, 3.8) is 0 Å². The van der Waals surface area contributed by atoms with E-state index in [4.69, 9.17) is 4.74 Å². The SMILES string of the molecule is Cc1nnc(NC(=O)N2CCC[C@@H](CN(C)C(=O)OC(C)(C)C)C2)s1. The lowest BCUT2D eigenvalue weighted by molar-refractivity contribution is 0.0253. The first-order valence-corrected chi connectivity index (χ1v) is 9.26. The van der Waals surface area contributed by atoms with Gasteiger partial charge in [-0.05, 0) is 46.5 Å². The molecule has 8 nitrogen and oxygen atoms in total. The van der Waals surface area contributed by atoms with Gasteiger partial charge in [-0.2, -0.15) is 0 Å². The van der Waals surface area contributed by atoms with Gasteiger partial charge < -0.3 is 14.5 Å². The van der Waals surface area contributed by atoms with Crippen molar-refractivity contribution in [3.8, 4) is 0 Å². The molecule has 1 N–H and O–H groups in total. The van der Waals surface area contributed by atoms with E-state index in [9.17, 15) is 9.59 Å². The first-order valence-electron chi connectivity index (χ1n) is 8.44. The summed E-state index contributed by atoms with van der Waals surface area (Å²) in [5.41, 5.74) is -0.510. The Morgan fingerprint density at radius 3 is 2.72 bits per heavy atom. The van der Waals surface area contributed by atoms with Gasteiger partial charge in [0, 0.05) is 26.7 Å². The first kappa shape index (κ1) is 19.4. The summed E-state index contributed by atoms with van der Waals surface area (Å²) >= 11 is 1.35. The van der Waals surface area contributed by atoms with Crippen LogP contribution in [0.5, 0.6) is 0 Å². The molecule has 1 fully saturated rings. The average molecular weight is 369 g/mol. The van der Waals surface area contributed by atoms with Gasteiger partial charge in [0.15, 0.2) is 0 Å². The Kier molecular flexibility index (Phi) is 6.21. The lowest BCUT2D eigenvalue weighted by Crippen LogP contribution is -2.46. The maximum atomic E-state index is 12.4. The third-order valence-electron chi connectivity index (χ3n) is 3.78. The minimum absolute atomic E-state index is 0.166. The Hall–Kier alpha value is -1.90. The van der Waals surface area contributed by atoms with Gasteiger partial charge in [-0.15, -0.1) is 10.2 Å². The molecule has 25 heavy (non-hydrogen) atoms. The molecular weight excluding hydrogens is 342 g/mol. The molecule has 9 heteroatoms. The summed E-state index contributed by atoms with van der Waals surface area (Å²) in [5, 5.41) is 11.9. The summed E-state index contributed by atoms with van der Waals surface area (Å²) in [6.07, 6.45) is 1.56. The van der Waals surface area contributed by atoms with Crippen LogP contribution in [0.25, 0.3) is 0 Å². The van der Waals surface area contributed by atoms with Crippen LogP contribution in [-0.2, 0) is 4.74 Å². The lowest BCUT2D eigenvalue weighted by atomic mass is 9.98. The van der Waals surface area contributed by atoms with Gasteiger partial charge in [0.05, 0.1) is 0 Å². The number of hydrogen-bond donors (Lipinski definition) is 1. The largest absolute Gasteiger partial charge is 0.444 e. The number of nitrogens with zero attached hydrogens (tertiary/aromatic N) is 4. The Morgan fingerprint density at radius 1 is 1.40 bits per heavy atom. The van der Waals surface area contributed by atoms with Gasteiger partial charge in [0.25, 0.3) is 0 Å². The maximum absolute atomic E-state index is 12.4. The van der Waals surface area contributed by atoms with Crippen molar-refractivity contribution >= 4 is 28.6 Å². The summed E-state index contributed by atoms with van der Waals surface area (Å²) in [6.45, 7) is 9.27. The predicted molar refractivity (Wildman–Crippen MR) is 96.8 cm³/mol. The highest BCUT2D eigenvalue weighted by Crippen LogP contribution is 2.20. The minimum atomic E-state index is -0.510. The quantitative estimate of drug-likeness (QED) is 0.885. The number of urea groups is 1. The van der Waals surface area contributed by atoms with Crippen LogP contribution in [0.4, 0.5) is 14.7 Å². The molecule has 3 amide bonds. The van der Waals surface area contributed by atoms with Crippen LogP contribution in [0.2, 0.25) is 0 Å². The lowest BCUT2D eigenvalue weighted by Gasteiger charge is -2.34. The number of ether oxygens (including phenoxy) is 1. The Morgan fingerprint density at radius 2 is 2.12 bits per heavy atom. The zero-order valence-electron chi connectivity index (χ0n) is 15.5. The van der Waals surface area contributed by atoms with Crippen LogP contribution in [0.1, 0.15) is 38.6 Å². The Balaban J connectivity index is 1.85. The van der Waals surface area contributed by atoms with E-state index in [0.29, 0.717) is 24.8 Å². The number of amides is 3. The van der Waals surface area contributed by atoms with E-state index in [1.807, 2.05) is 27.7 Å². The highest BCUT2D eigenvalue weighted by Gasteiger charge is 2.27. The Labute approximate surface area is 152 Å². The zero-order chi connectivity index (χ0) is 18.6. The van der Waals surface area contributed by atoms with Crippen molar-refractivity contribution in [1.82, 2.24) is 20.0 Å². The van der Waals surface area contributed by atoms with Crippen molar-refractivity contribution < 1.29 is 14.3 Å². The predicted octanol–water partition coefficient (Wildman–Crippen LogP) is 2.96. The van der Waals surface area contributed by atoms with Crippen LogP contribution in [0, 0.1) is 12.8 Å². The van der Waals surface area contributed by atoms with E-state index < -0.39 is 5.60 Å². The minimum Gasteiger partial charge on any atom is -0.444 e. The fourth-order valence-electron chi connectivity index (χ4n) is 2.72. The highest BCUT2D eigenvalue weighted by atomic mass is 32.1. The van der Waals surface area contributed by atoms with E-state index in [0.717, 1.165) is 17.8 Å². The van der Waals surface area contributed by atoms with E-state index in [1.165, 1.54) is 11.3 Å². The molecule has 1 aromatic heterocycles. The third kappa shape index (κ3) is 6.15. The van der Waals surface area contributed by atoms with E-state index in [-0.39, 0.29) is 18.0 Å². The number of nitrogens with one attached hydrogen (secondary N) is 1. The van der Waals surface area contributed by atoms with Crippen molar-refractivity contribution in [2.45, 2.75) is 46.1 Å². The number of piperidine rings is 1. The number of aromatic nitrogens is 2. The van der Waals surface area contributed by atoms with Crippen LogP contribution < -0.4 is 5.32 Å². The van der Waals surface area contributed by atoms with E-state index in [2.05, 4.69) is 15.5 Å². The van der Waals surface area contributed by atoms with Gasteiger partial charge in [0.2, 0.25) is 5.13 Å². The van der Waals surface area contributed by atoms with Gasteiger partial charge in [-0.3, -0.25) is 5.32 Å². The molecule has 0 radical (unpaired) electrons. The molecule has 0 aliphatic carbocycles. The molecule has 0 aromatic carbocycles. The number of carbonyl (C=O) groups excluding carboxylic acids is 2. The molecule has 2 rings (SSSR count). The van der Waals surface area contributed by atoms with Gasteiger partial charge >= 0.3 is 12.1 Å². The second-order valence-electron chi connectivity index (χ2n) is 7.37. The molecule has 140 valence electrons. The first-order chi connectivity index (χ1) is 11.6. The molecule has 0 saturated carbocycles. The van der Waals surface area contributed by atoms with Crippen LogP contribution >= 0.6 is 11.3 Å². The molecule has 1 aromatic rings. The van der Waals surface area contributed by atoms with Crippen molar-refractivity contribution in [2.24, 2.45) is 5.92 Å². The number of anilines is 1. The molecule has 1 aliphatic rings. The molecule has 1 atom stereocenters. The second-order valence-corrected chi connectivity index (χ2v) is 8.55. The topological polar surface area (TPSA) is 87.7 Å². The monoisotopic (exact) mass is 369 g/mol. The molecule has 2 heterocycles. The number of aryl methyl sites for hydroxylation is 1. The van der Waals surface area contributed by atoms with Crippen molar-refractivity contribution in [2.75, 3.05) is 32.0 Å². The average Bonchev–Trinajstić information content (AvgIpc) is 2.91. The van der Waals surface area contributed by atoms with Crippen molar-refractivity contribution in [3.05, 3.63) is 5.01 Å². The molecule has 1 saturated heterocycles. The van der Waals surface area contributed by atoms with Crippen LogP contribution in [0.15, 0.2) is 0 Å². The molecule has 0 bridgehead atoms. The van der Waals surface area contributed by atoms with E-state index in [1.54, 1.807) is 16.8 Å². The fraction of sp³-hybridized carbons (Fsp3) is 0.750. The Bertz CT molecular complexity index is 613. The van der Waals surface area contributed by atoms with Gasteiger partial charge in [-0.25, -0.2) is 9.59 Å². The number of likely N-dealkylation sites (tertiary alicyclic amines) is 1. The summed E-state index contributed by atoms with van der Waals surface area (Å²) in [7, 11) is 1.73. The van der Waals surface area contributed by atoms with Gasteiger partial charge in [-0.1, -0.05) is 11.3 Å². The smallest absolute Gasteiger partial charge is 0.410 e. The molecule has 0 spiro atoms. The number of rotatable bonds is 3. The number of carbonyl (C=O) groups is 2. The fourth-order valence-corrected chi connectivity index (χ4v) is 3.30. The van der Waals surface area contributed by atoms with Crippen LogP contribution in [-0.4, -0.2) is 64.4 Å². The highest BCUT2D eigenvalue weighted by molar-refractivity contribution is 7.15. The standard InChI is InChI=1S/C16H27N5O3S/c1-11-18-19-13(25-11)17-14(22)21-8-6-7-12(10-21)9-20(5)15(23)24-16(2,3)4/h12H,6-10H2,1-5H3,(H,17,19,22)/t12-/m0/s1. The normalized spacial score (nSPS) is 18.0. The summed E-state index contributed by atoms with van der Waals surface area (Å²) in [5.74, 6) is 0.230. The zero-order valence-corrected chi connectivity index (χ0v) is 16.4. The number of hydrogen-bond acceptors (Lipinski definition) is 6. The van der Waals surface area contributed by atoms with E-state index >= 15 is 0 Å². The summed E-state index contributed by atoms with van der Waals surface area (Å²) in [4.78, 5) is 27.8. The second kappa shape index (κ2) is 7.99.